The van der Waals surface area contributed by atoms with Crippen molar-refractivity contribution in [2.75, 3.05) is 32.8 Å². The molecule has 1 fully saturated rings. The third kappa shape index (κ3) is 5.34. The number of hydrogen-bond donors (Lipinski definition) is 1. The molecule has 0 bridgehead atoms. The minimum absolute atomic E-state index is 0.337. The zero-order chi connectivity index (χ0) is 19.2. The molecule has 2 aliphatic heterocycles. The molecule has 0 saturated carbocycles. The number of ether oxygens (including phenoxy) is 1. The van der Waals surface area contributed by atoms with Gasteiger partial charge in [-0.2, -0.15) is 0 Å². The van der Waals surface area contributed by atoms with Gasteiger partial charge in [-0.15, -0.1) is 0 Å². The van der Waals surface area contributed by atoms with E-state index in [2.05, 4.69) is 46.2 Å². The Morgan fingerprint density at radius 3 is 2.39 bits per heavy atom. The van der Waals surface area contributed by atoms with Crippen molar-refractivity contribution in [3.63, 3.8) is 0 Å². The smallest absolute Gasteiger partial charge is 0.119 e. The van der Waals surface area contributed by atoms with E-state index in [1.54, 1.807) is 0 Å². The molecule has 0 aromatic heterocycles. The molecule has 2 aromatic rings. The number of nitrogens with zero attached hydrogens (tertiary/aromatic N) is 2. The molecule has 2 aromatic carbocycles. The molecule has 2 heterocycles. The van der Waals surface area contributed by atoms with E-state index in [0.29, 0.717) is 13.2 Å². The normalized spacial score (nSPS) is 19.2. The van der Waals surface area contributed by atoms with Gasteiger partial charge in [0.2, 0.25) is 0 Å². The van der Waals surface area contributed by atoms with Crippen molar-refractivity contribution in [3.05, 3.63) is 65.2 Å². The third-order valence-electron chi connectivity index (χ3n) is 5.90. The zero-order valence-corrected chi connectivity index (χ0v) is 16.7. The highest BCUT2D eigenvalue weighted by Gasteiger charge is 2.18. The average molecular weight is 381 g/mol. The van der Waals surface area contributed by atoms with Crippen LogP contribution in [0.1, 0.15) is 36.0 Å². The number of benzene rings is 2. The lowest BCUT2D eigenvalue weighted by molar-refractivity contribution is 0.0638. The van der Waals surface area contributed by atoms with Crippen molar-refractivity contribution in [2.45, 2.75) is 44.9 Å². The minimum Gasteiger partial charge on any atom is -0.491 e. The van der Waals surface area contributed by atoms with Crippen molar-refractivity contribution in [1.29, 1.82) is 0 Å². The standard InChI is InChI=1S/C24H32N2O2/c27-23(18-26-15-12-21-6-2-3-7-22(21)17-26)19-28-24-10-8-20(9-11-24)16-25-13-4-1-5-14-25/h2-3,6-11,23,27H,1,4-5,12-19H2. The molecule has 0 spiro atoms. The van der Waals surface area contributed by atoms with Gasteiger partial charge in [-0.1, -0.05) is 42.8 Å². The van der Waals surface area contributed by atoms with Crippen molar-refractivity contribution in [3.8, 4) is 5.75 Å². The lowest BCUT2D eigenvalue weighted by Crippen LogP contribution is -2.38. The van der Waals surface area contributed by atoms with Crippen LogP contribution in [0.3, 0.4) is 0 Å². The van der Waals surface area contributed by atoms with E-state index in [4.69, 9.17) is 4.74 Å². The number of rotatable bonds is 7. The number of fused-ring (bicyclic) bond motifs is 1. The van der Waals surface area contributed by atoms with Crippen LogP contribution in [0.25, 0.3) is 0 Å². The maximum atomic E-state index is 10.4. The predicted molar refractivity (Wildman–Crippen MR) is 112 cm³/mol. The van der Waals surface area contributed by atoms with E-state index < -0.39 is 6.10 Å². The molecular weight excluding hydrogens is 348 g/mol. The van der Waals surface area contributed by atoms with Crippen molar-refractivity contribution < 1.29 is 9.84 Å². The molecule has 1 N–H and O–H groups in total. The summed E-state index contributed by atoms with van der Waals surface area (Å²) in [4.78, 5) is 4.85. The van der Waals surface area contributed by atoms with Crippen LogP contribution < -0.4 is 4.74 Å². The Morgan fingerprint density at radius 2 is 1.61 bits per heavy atom. The van der Waals surface area contributed by atoms with E-state index in [-0.39, 0.29) is 0 Å². The van der Waals surface area contributed by atoms with Gasteiger partial charge in [0.1, 0.15) is 18.5 Å². The quantitative estimate of drug-likeness (QED) is 0.798. The molecular formula is C24H32N2O2. The predicted octanol–water partition coefficient (Wildman–Crippen LogP) is 3.47. The fourth-order valence-electron chi connectivity index (χ4n) is 4.32. The van der Waals surface area contributed by atoms with Gasteiger partial charge in [-0.3, -0.25) is 9.80 Å². The molecule has 0 radical (unpaired) electrons. The number of piperidine rings is 1. The van der Waals surface area contributed by atoms with Crippen LogP contribution in [-0.2, 0) is 19.5 Å². The highest BCUT2D eigenvalue weighted by atomic mass is 16.5. The summed E-state index contributed by atoms with van der Waals surface area (Å²) in [6.45, 7) is 6.36. The van der Waals surface area contributed by atoms with E-state index in [1.165, 1.54) is 49.0 Å². The molecule has 0 amide bonds. The van der Waals surface area contributed by atoms with Crippen molar-refractivity contribution in [2.24, 2.45) is 0 Å². The van der Waals surface area contributed by atoms with E-state index in [1.807, 2.05) is 12.1 Å². The number of aliphatic hydroxyl groups is 1. The van der Waals surface area contributed by atoms with Crippen LogP contribution in [0.4, 0.5) is 0 Å². The maximum Gasteiger partial charge on any atom is 0.119 e. The fourth-order valence-corrected chi connectivity index (χ4v) is 4.32. The molecule has 28 heavy (non-hydrogen) atoms. The Labute approximate surface area is 168 Å². The summed E-state index contributed by atoms with van der Waals surface area (Å²) in [6, 6.07) is 17.0. The first-order chi connectivity index (χ1) is 13.8. The van der Waals surface area contributed by atoms with Gasteiger partial charge in [-0.25, -0.2) is 0 Å². The number of β-amino-alcohol motifs (C(OH)–C–C–N with tert-alkyl or cyclic N) is 1. The van der Waals surface area contributed by atoms with Crippen LogP contribution in [0.5, 0.6) is 5.75 Å². The summed E-state index contributed by atoms with van der Waals surface area (Å²) in [5.74, 6) is 0.838. The Morgan fingerprint density at radius 1 is 0.857 bits per heavy atom. The molecule has 4 rings (SSSR count). The van der Waals surface area contributed by atoms with E-state index in [9.17, 15) is 5.11 Å². The van der Waals surface area contributed by atoms with Gasteiger partial charge < -0.3 is 9.84 Å². The molecule has 1 saturated heterocycles. The first-order valence-electron chi connectivity index (χ1n) is 10.7. The first-order valence-corrected chi connectivity index (χ1v) is 10.7. The highest BCUT2D eigenvalue weighted by molar-refractivity contribution is 5.29. The fraction of sp³-hybridized carbons (Fsp3) is 0.500. The second kappa shape index (κ2) is 9.55. The minimum atomic E-state index is -0.474. The monoisotopic (exact) mass is 380 g/mol. The van der Waals surface area contributed by atoms with Crippen LogP contribution in [-0.4, -0.2) is 53.8 Å². The molecule has 150 valence electrons. The summed E-state index contributed by atoms with van der Waals surface area (Å²) in [6.07, 6.45) is 4.60. The third-order valence-corrected chi connectivity index (χ3v) is 5.90. The van der Waals surface area contributed by atoms with E-state index >= 15 is 0 Å². The zero-order valence-electron chi connectivity index (χ0n) is 16.7. The molecule has 1 atom stereocenters. The Balaban J connectivity index is 1.21. The summed E-state index contributed by atoms with van der Waals surface area (Å²) >= 11 is 0. The summed E-state index contributed by atoms with van der Waals surface area (Å²) in [7, 11) is 0. The lowest BCUT2D eigenvalue weighted by atomic mass is 10.00. The lowest BCUT2D eigenvalue weighted by Gasteiger charge is -2.30. The Bertz CT molecular complexity index is 741. The maximum absolute atomic E-state index is 10.4. The Kier molecular flexibility index (Phi) is 6.63. The Hall–Kier alpha value is -1.88. The number of likely N-dealkylation sites (tertiary alicyclic amines) is 1. The number of aliphatic hydroxyl groups excluding tert-OH is 1. The molecule has 1 unspecified atom stereocenters. The largest absolute Gasteiger partial charge is 0.491 e. The summed E-state index contributed by atoms with van der Waals surface area (Å²) in [5, 5.41) is 10.4. The molecule has 0 aliphatic carbocycles. The van der Waals surface area contributed by atoms with Crippen LogP contribution >= 0.6 is 0 Å². The van der Waals surface area contributed by atoms with Crippen molar-refractivity contribution >= 4 is 0 Å². The topological polar surface area (TPSA) is 35.9 Å². The molecule has 2 aliphatic rings. The van der Waals surface area contributed by atoms with Crippen LogP contribution in [0, 0.1) is 0 Å². The van der Waals surface area contributed by atoms with Gasteiger partial charge in [0.25, 0.3) is 0 Å². The van der Waals surface area contributed by atoms with Crippen LogP contribution in [0.2, 0.25) is 0 Å². The van der Waals surface area contributed by atoms with Crippen LogP contribution in [0.15, 0.2) is 48.5 Å². The van der Waals surface area contributed by atoms with Gasteiger partial charge in [0, 0.05) is 26.2 Å². The molecule has 4 nitrogen and oxygen atoms in total. The summed E-state index contributed by atoms with van der Waals surface area (Å²) in [5.41, 5.74) is 4.15. The SMILES string of the molecule is OC(COc1ccc(CN2CCCCC2)cc1)CN1CCc2ccccc2C1. The van der Waals surface area contributed by atoms with Gasteiger partial charge in [0.15, 0.2) is 0 Å². The first kappa shape index (κ1) is 19.4. The number of hydrogen-bond acceptors (Lipinski definition) is 4. The van der Waals surface area contributed by atoms with Gasteiger partial charge in [0.05, 0.1) is 0 Å². The van der Waals surface area contributed by atoms with E-state index in [0.717, 1.165) is 31.8 Å². The summed E-state index contributed by atoms with van der Waals surface area (Å²) < 4.78 is 5.83. The second-order valence-corrected chi connectivity index (χ2v) is 8.20. The van der Waals surface area contributed by atoms with Gasteiger partial charge >= 0.3 is 0 Å². The van der Waals surface area contributed by atoms with Gasteiger partial charge in [-0.05, 0) is 61.2 Å². The second-order valence-electron chi connectivity index (χ2n) is 8.20. The highest BCUT2D eigenvalue weighted by Crippen LogP contribution is 2.19. The van der Waals surface area contributed by atoms with Crippen molar-refractivity contribution in [1.82, 2.24) is 9.80 Å². The molecule has 4 heteroatoms. The average Bonchev–Trinajstić information content (AvgIpc) is 2.74.